The highest BCUT2D eigenvalue weighted by Crippen LogP contribution is 2.20. The number of aromatic nitrogens is 4. The van der Waals surface area contributed by atoms with E-state index >= 15 is 0 Å². The summed E-state index contributed by atoms with van der Waals surface area (Å²) in [5.41, 5.74) is 2.21. The van der Waals surface area contributed by atoms with Crippen molar-refractivity contribution >= 4 is 11.8 Å². The predicted octanol–water partition coefficient (Wildman–Crippen LogP) is 1.87. The first-order chi connectivity index (χ1) is 12.7. The van der Waals surface area contributed by atoms with Crippen molar-refractivity contribution in [2.45, 2.75) is 19.1 Å². The number of aliphatic hydroxyl groups excluding tert-OH is 1. The topological polar surface area (TPSA) is 70.3 Å². The van der Waals surface area contributed by atoms with Gasteiger partial charge < -0.3 is 14.9 Å². The average molecular weight is 350 g/mol. The van der Waals surface area contributed by atoms with Gasteiger partial charge >= 0.3 is 0 Å². The first-order valence-electron chi connectivity index (χ1n) is 8.75. The lowest BCUT2D eigenvalue weighted by Gasteiger charge is -2.21. The Labute approximate surface area is 152 Å². The van der Waals surface area contributed by atoms with E-state index in [1.54, 1.807) is 12.4 Å². The van der Waals surface area contributed by atoms with Gasteiger partial charge in [-0.3, -0.25) is 0 Å². The van der Waals surface area contributed by atoms with Gasteiger partial charge in [0.05, 0.1) is 11.8 Å². The first-order valence-corrected chi connectivity index (χ1v) is 8.75. The summed E-state index contributed by atoms with van der Waals surface area (Å²) in [6.07, 6.45) is 6.00. The van der Waals surface area contributed by atoms with E-state index in [1.165, 1.54) is 5.56 Å². The maximum atomic E-state index is 9.72. The molecule has 1 fully saturated rings. The number of nitrogens with zero attached hydrogens (tertiary/aromatic N) is 6. The predicted molar refractivity (Wildman–Crippen MR) is 101 cm³/mol. The summed E-state index contributed by atoms with van der Waals surface area (Å²) in [4.78, 5) is 13.2. The van der Waals surface area contributed by atoms with Crippen LogP contribution in [0.15, 0.2) is 55.0 Å². The molecule has 3 heterocycles. The van der Waals surface area contributed by atoms with Crippen LogP contribution in [0.3, 0.4) is 0 Å². The minimum Gasteiger partial charge on any atom is -0.391 e. The molecule has 0 bridgehead atoms. The van der Waals surface area contributed by atoms with Crippen molar-refractivity contribution in [1.82, 2.24) is 19.7 Å². The highest BCUT2D eigenvalue weighted by molar-refractivity contribution is 5.45. The number of aliphatic hydroxyl groups is 1. The van der Waals surface area contributed by atoms with Gasteiger partial charge in [-0.1, -0.05) is 12.1 Å². The Bertz CT molecular complexity index is 849. The number of anilines is 2. The van der Waals surface area contributed by atoms with Crippen LogP contribution >= 0.6 is 0 Å². The van der Waals surface area contributed by atoms with Crippen molar-refractivity contribution in [1.29, 1.82) is 0 Å². The molecule has 1 aromatic carbocycles. The summed E-state index contributed by atoms with van der Waals surface area (Å²) in [5.74, 6) is 1.55. The van der Waals surface area contributed by atoms with E-state index < -0.39 is 0 Å². The molecule has 0 aliphatic carbocycles. The minimum atomic E-state index is -0.264. The van der Waals surface area contributed by atoms with Gasteiger partial charge in [-0.25, -0.2) is 9.67 Å². The molecule has 2 aromatic heterocycles. The first kappa shape index (κ1) is 16.5. The Kier molecular flexibility index (Phi) is 4.53. The molecule has 26 heavy (non-hydrogen) atoms. The zero-order valence-electron chi connectivity index (χ0n) is 14.7. The van der Waals surface area contributed by atoms with Crippen LogP contribution in [0.1, 0.15) is 12.0 Å². The third kappa shape index (κ3) is 3.52. The van der Waals surface area contributed by atoms with Gasteiger partial charge in [0.25, 0.3) is 0 Å². The zero-order valence-corrected chi connectivity index (χ0v) is 14.7. The second-order valence-corrected chi connectivity index (χ2v) is 6.58. The Morgan fingerprint density at radius 2 is 2.04 bits per heavy atom. The number of β-amino-alcohol motifs (C(OH)–C–C–N with tert-alkyl or cyclic N) is 1. The van der Waals surface area contributed by atoms with Crippen molar-refractivity contribution in [3.05, 3.63) is 60.6 Å². The van der Waals surface area contributed by atoms with Crippen LogP contribution in [0.2, 0.25) is 0 Å². The SMILES string of the molecule is CN(Cc1ccc(-n2cccn2)cc1)c1nccc(N2CC[C@@H](O)C2)n1. The molecule has 1 saturated heterocycles. The Morgan fingerprint density at radius 1 is 1.19 bits per heavy atom. The monoisotopic (exact) mass is 350 g/mol. The van der Waals surface area contributed by atoms with Crippen LogP contribution < -0.4 is 9.80 Å². The molecular formula is C19H22N6O. The molecule has 1 aliphatic rings. The van der Waals surface area contributed by atoms with E-state index in [0.29, 0.717) is 19.0 Å². The Hall–Kier alpha value is -2.93. The lowest BCUT2D eigenvalue weighted by molar-refractivity contribution is 0.198. The highest BCUT2D eigenvalue weighted by atomic mass is 16.3. The van der Waals surface area contributed by atoms with Gasteiger partial charge in [0, 0.05) is 45.3 Å². The molecule has 0 saturated carbocycles. The fourth-order valence-electron chi connectivity index (χ4n) is 3.17. The fraction of sp³-hybridized carbons (Fsp3) is 0.316. The molecule has 0 spiro atoms. The van der Waals surface area contributed by atoms with E-state index in [4.69, 9.17) is 0 Å². The molecule has 134 valence electrons. The van der Waals surface area contributed by atoms with Gasteiger partial charge in [0.15, 0.2) is 0 Å². The maximum absolute atomic E-state index is 9.72. The normalized spacial score (nSPS) is 16.8. The van der Waals surface area contributed by atoms with E-state index in [9.17, 15) is 5.11 Å². The largest absolute Gasteiger partial charge is 0.391 e. The third-order valence-electron chi connectivity index (χ3n) is 4.58. The van der Waals surface area contributed by atoms with Crippen LogP contribution in [-0.4, -0.2) is 51.1 Å². The van der Waals surface area contributed by atoms with Crippen molar-refractivity contribution < 1.29 is 5.11 Å². The van der Waals surface area contributed by atoms with Crippen LogP contribution in [0.4, 0.5) is 11.8 Å². The van der Waals surface area contributed by atoms with Crippen LogP contribution in [-0.2, 0) is 6.54 Å². The van der Waals surface area contributed by atoms with Crippen molar-refractivity contribution in [3.8, 4) is 5.69 Å². The highest BCUT2D eigenvalue weighted by Gasteiger charge is 2.21. The van der Waals surface area contributed by atoms with Crippen molar-refractivity contribution in [3.63, 3.8) is 0 Å². The molecule has 0 amide bonds. The standard InChI is InChI=1S/C19H22N6O/c1-23(13-15-3-5-16(6-4-15)25-11-2-9-21-25)19-20-10-7-18(22-19)24-12-8-17(26)14-24/h2-7,9-11,17,26H,8,12-14H2,1H3/t17-/m1/s1. The lowest BCUT2D eigenvalue weighted by atomic mass is 10.2. The fourth-order valence-corrected chi connectivity index (χ4v) is 3.17. The summed E-state index contributed by atoms with van der Waals surface area (Å²) in [5, 5.41) is 14.0. The number of benzene rings is 1. The summed E-state index contributed by atoms with van der Waals surface area (Å²) in [6, 6.07) is 12.1. The average Bonchev–Trinajstić information content (AvgIpc) is 3.34. The van der Waals surface area contributed by atoms with Gasteiger partial charge in [-0.2, -0.15) is 10.1 Å². The molecule has 7 heteroatoms. The Balaban J connectivity index is 1.45. The van der Waals surface area contributed by atoms with E-state index in [1.807, 2.05) is 35.0 Å². The van der Waals surface area contributed by atoms with Crippen LogP contribution in [0, 0.1) is 0 Å². The van der Waals surface area contributed by atoms with Gasteiger partial charge in [0.2, 0.25) is 5.95 Å². The van der Waals surface area contributed by atoms with Gasteiger partial charge in [-0.15, -0.1) is 0 Å². The van der Waals surface area contributed by atoms with E-state index in [-0.39, 0.29) is 6.10 Å². The molecule has 0 unspecified atom stereocenters. The Morgan fingerprint density at radius 3 is 2.73 bits per heavy atom. The summed E-state index contributed by atoms with van der Waals surface area (Å²) >= 11 is 0. The minimum absolute atomic E-state index is 0.264. The third-order valence-corrected chi connectivity index (χ3v) is 4.58. The van der Waals surface area contributed by atoms with Gasteiger partial charge in [-0.05, 0) is 36.2 Å². The lowest BCUT2D eigenvalue weighted by Crippen LogP contribution is -2.24. The molecule has 7 nitrogen and oxygen atoms in total. The molecule has 1 N–H and O–H groups in total. The molecular weight excluding hydrogens is 328 g/mol. The second-order valence-electron chi connectivity index (χ2n) is 6.58. The van der Waals surface area contributed by atoms with Crippen LogP contribution in [0.5, 0.6) is 0 Å². The number of hydrogen-bond acceptors (Lipinski definition) is 6. The molecule has 1 aliphatic heterocycles. The van der Waals surface area contributed by atoms with Crippen molar-refractivity contribution in [2.75, 3.05) is 29.9 Å². The van der Waals surface area contributed by atoms with Crippen molar-refractivity contribution in [2.24, 2.45) is 0 Å². The zero-order chi connectivity index (χ0) is 17.9. The second kappa shape index (κ2) is 7.13. The molecule has 4 rings (SSSR count). The molecule has 3 aromatic rings. The molecule has 1 atom stereocenters. The summed E-state index contributed by atoms with van der Waals surface area (Å²) in [7, 11) is 1.99. The van der Waals surface area contributed by atoms with E-state index in [2.05, 4.69) is 44.2 Å². The number of hydrogen-bond donors (Lipinski definition) is 1. The smallest absolute Gasteiger partial charge is 0.227 e. The maximum Gasteiger partial charge on any atom is 0.227 e. The summed E-state index contributed by atoms with van der Waals surface area (Å²) < 4.78 is 1.84. The molecule has 0 radical (unpaired) electrons. The van der Waals surface area contributed by atoms with E-state index in [0.717, 1.165) is 24.5 Å². The quantitative estimate of drug-likeness (QED) is 0.758. The summed E-state index contributed by atoms with van der Waals surface area (Å²) in [6.45, 7) is 2.18. The van der Waals surface area contributed by atoms with Gasteiger partial charge in [0.1, 0.15) is 5.82 Å². The van der Waals surface area contributed by atoms with Crippen LogP contribution in [0.25, 0.3) is 5.69 Å². The number of rotatable bonds is 5.